The van der Waals surface area contributed by atoms with Crippen LogP contribution in [0, 0.1) is 0 Å². The van der Waals surface area contributed by atoms with E-state index in [0.717, 1.165) is 0 Å². The summed E-state index contributed by atoms with van der Waals surface area (Å²) < 4.78 is 2.70. The summed E-state index contributed by atoms with van der Waals surface area (Å²) in [5.74, 6) is 0. The maximum Gasteiger partial charge on any atom is 0.0545 e. The topological polar surface area (TPSA) is 15.8 Å². The Balaban J connectivity index is 1.49. The summed E-state index contributed by atoms with van der Waals surface area (Å²) in [5.41, 5.74) is 4.99. The SMILES string of the molecule is c1ccc2c(c1)ccc1c3cccc(-c4cccc5c4sc4ccc6ccccc6c45)c3[nH]c21. The molecule has 2 heterocycles. The van der Waals surface area contributed by atoms with Gasteiger partial charge in [-0.25, -0.2) is 0 Å². The molecule has 0 saturated heterocycles. The van der Waals surface area contributed by atoms with E-state index in [-0.39, 0.29) is 0 Å². The predicted octanol–water partition coefficient (Wildman–Crippen LogP) is 9.66. The molecule has 8 aromatic rings. The van der Waals surface area contributed by atoms with Crippen molar-refractivity contribution in [3.63, 3.8) is 0 Å². The second-order valence-electron chi connectivity index (χ2n) is 9.01. The van der Waals surface area contributed by atoms with Crippen molar-refractivity contribution >= 4 is 74.9 Å². The van der Waals surface area contributed by atoms with E-state index < -0.39 is 0 Å². The van der Waals surface area contributed by atoms with Crippen LogP contribution in [0.4, 0.5) is 0 Å². The minimum atomic E-state index is 1.21. The van der Waals surface area contributed by atoms with Gasteiger partial charge in [0.1, 0.15) is 0 Å². The highest BCUT2D eigenvalue weighted by molar-refractivity contribution is 7.26. The molecular weight excluding hydrogens is 430 g/mol. The van der Waals surface area contributed by atoms with Gasteiger partial charge >= 0.3 is 0 Å². The Morgan fingerprint density at radius 2 is 1.09 bits per heavy atom. The average Bonchev–Trinajstić information content (AvgIpc) is 3.47. The Labute approximate surface area is 199 Å². The molecule has 0 fully saturated rings. The molecule has 2 heteroatoms. The highest BCUT2D eigenvalue weighted by Crippen LogP contribution is 2.44. The molecule has 0 atom stereocenters. The van der Waals surface area contributed by atoms with Crippen molar-refractivity contribution < 1.29 is 0 Å². The molecule has 1 nitrogen and oxygen atoms in total. The highest BCUT2D eigenvalue weighted by Gasteiger charge is 2.16. The summed E-state index contributed by atoms with van der Waals surface area (Å²) >= 11 is 1.90. The molecule has 2 aromatic heterocycles. The first-order valence-corrected chi connectivity index (χ1v) is 12.4. The molecule has 0 aliphatic rings. The van der Waals surface area contributed by atoms with Gasteiger partial charge in [-0.3, -0.25) is 0 Å². The number of para-hydroxylation sites is 1. The summed E-state index contributed by atoms with van der Waals surface area (Å²) in [6.45, 7) is 0. The zero-order chi connectivity index (χ0) is 22.2. The Morgan fingerprint density at radius 1 is 0.441 bits per heavy atom. The molecule has 0 amide bonds. The number of hydrogen-bond acceptors (Lipinski definition) is 1. The van der Waals surface area contributed by atoms with Crippen LogP contribution < -0.4 is 0 Å². The van der Waals surface area contributed by atoms with E-state index in [1.54, 1.807) is 0 Å². The quantitative estimate of drug-likeness (QED) is 0.257. The van der Waals surface area contributed by atoms with Gasteiger partial charge in [0, 0.05) is 47.5 Å². The third-order valence-electron chi connectivity index (χ3n) is 7.21. The van der Waals surface area contributed by atoms with E-state index >= 15 is 0 Å². The highest BCUT2D eigenvalue weighted by atomic mass is 32.1. The molecule has 0 unspecified atom stereocenters. The number of nitrogens with one attached hydrogen (secondary N) is 1. The minimum Gasteiger partial charge on any atom is -0.353 e. The molecular formula is C32H19NS. The van der Waals surface area contributed by atoms with Crippen LogP contribution in [0.3, 0.4) is 0 Å². The first-order chi connectivity index (χ1) is 16.9. The third-order valence-corrected chi connectivity index (χ3v) is 8.42. The molecule has 1 N–H and O–H groups in total. The van der Waals surface area contributed by atoms with Crippen molar-refractivity contribution in [1.82, 2.24) is 4.98 Å². The summed E-state index contributed by atoms with van der Waals surface area (Å²) in [4.78, 5) is 3.82. The van der Waals surface area contributed by atoms with Gasteiger partial charge in [-0.2, -0.15) is 0 Å². The number of thiophene rings is 1. The third kappa shape index (κ3) is 2.38. The second kappa shape index (κ2) is 6.69. The van der Waals surface area contributed by atoms with E-state index in [4.69, 9.17) is 0 Å². The van der Waals surface area contributed by atoms with Gasteiger partial charge in [0.05, 0.1) is 11.0 Å². The van der Waals surface area contributed by atoms with E-state index in [1.165, 1.54) is 74.6 Å². The molecule has 34 heavy (non-hydrogen) atoms. The molecule has 0 bridgehead atoms. The van der Waals surface area contributed by atoms with Gasteiger partial charge < -0.3 is 4.98 Å². The summed E-state index contributed by atoms with van der Waals surface area (Å²) in [7, 11) is 0. The van der Waals surface area contributed by atoms with Crippen molar-refractivity contribution in [2.24, 2.45) is 0 Å². The van der Waals surface area contributed by atoms with Crippen LogP contribution in [-0.2, 0) is 0 Å². The first-order valence-electron chi connectivity index (χ1n) is 11.6. The molecule has 0 saturated carbocycles. The maximum atomic E-state index is 3.82. The molecule has 6 aromatic carbocycles. The standard InChI is InChI=1S/C32H19NS/c1-3-9-21-19(7-1)16-18-28-29(21)27-14-6-13-26(32(27)34-28)24-12-5-11-23-25-17-15-20-8-2-4-10-22(20)30(25)33-31(23)24/h1-18,33H. The van der Waals surface area contributed by atoms with Gasteiger partial charge in [0.2, 0.25) is 0 Å². The number of rotatable bonds is 1. The van der Waals surface area contributed by atoms with E-state index in [2.05, 4.69) is 114 Å². The van der Waals surface area contributed by atoms with Crippen molar-refractivity contribution in [1.29, 1.82) is 0 Å². The maximum absolute atomic E-state index is 3.82. The number of benzene rings is 6. The first kappa shape index (κ1) is 18.3. The second-order valence-corrected chi connectivity index (χ2v) is 10.1. The Hall–Kier alpha value is -4.14. The van der Waals surface area contributed by atoms with Gasteiger partial charge in [-0.15, -0.1) is 11.3 Å². The zero-order valence-corrected chi connectivity index (χ0v) is 19.1. The lowest BCUT2D eigenvalue weighted by Gasteiger charge is -2.06. The number of aromatic amines is 1. The van der Waals surface area contributed by atoms with Crippen LogP contribution in [0.15, 0.2) is 109 Å². The van der Waals surface area contributed by atoms with Crippen LogP contribution in [0.1, 0.15) is 0 Å². The summed E-state index contributed by atoms with van der Waals surface area (Å²) in [6.07, 6.45) is 0. The van der Waals surface area contributed by atoms with Crippen molar-refractivity contribution in [3.8, 4) is 11.1 Å². The lowest BCUT2D eigenvalue weighted by atomic mass is 9.98. The number of H-pyrrole nitrogens is 1. The van der Waals surface area contributed by atoms with Crippen molar-refractivity contribution in [2.75, 3.05) is 0 Å². The summed E-state index contributed by atoms with van der Waals surface area (Å²) in [5, 5.41) is 10.4. The molecule has 0 aliphatic heterocycles. The molecule has 0 radical (unpaired) electrons. The fourth-order valence-electron chi connectivity index (χ4n) is 5.67. The van der Waals surface area contributed by atoms with Crippen LogP contribution in [0.2, 0.25) is 0 Å². The molecule has 8 rings (SSSR count). The minimum absolute atomic E-state index is 1.21. The number of hydrogen-bond donors (Lipinski definition) is 1. The van der Waals surface area contributed by atoms with Gasteiger partial charge in [0.25, 0.3) is 0 Å². The van der Waals surface area contributed by atoms with Gasteiger partial charge in [-0.1, -0.05) is 103 Å². The van der Waals surface area contributed by atoms with Crippen molar-refractivity contribution in [3.05, 3.63) is 109 Å². The predicted molar refractivity (Wildman–Crippen MR) is 149 cm³/mol. The van der Waals surface area contributed by atoms with Gasteiger partial charge in [0.15, 0.2) is 0 Å². The Kier molecular flexibility index (Phi) is 3.60. The molecule has 0 aliphatic carbocycles. The van der Waals surface area contributed by atoms with Gasteiger partial charge in [-0.05, 0) is 22.2 Å². The summed E-state index contributed by atoms with van der Waals surface area (Å²) in [6, 6.07) is 39.8. The van der Waals surface area contributed by atoms with Crippen LogP contribution >= 0.6 is 11.3 Å². The van der Waals surface area contributed by atoms with Crippen LogP contribution in [0.5, 0.6) is 0 Å². The van der Waals surface area contributed by atoms with E-state index in [0.29, 0.717) is 0 Å². The molecule has 158 valence electrons. The van der Waals surface area contributed by atoms with Crippen LogP contribution in [-0.4, -0.2) is 4.98 Å². The number of fused-ring (bicyclic) bond motifs is 10. The molecule has 0 spiro atoms. The van der Waals surface area contributed by atoms with Crippen molar-refractivity contribution in [2.45, 2.75) is 0 Å². The van der Waals surface area contributed by atoms with Crippen LogP contribution in [0.25, 0.3) is 74.6 Å². The monoisotopic (exact) mass is 449 g/mol. The van der Waals surface area contributed by atoms with E-state index in [9.17, 15) is 0 Å². The fourth-order valence-corrected chi connectivity index (χ4v) is 6.92. The largest absolute Gasteiger partial charge is 0.353 e. The smallest absolute Gasteiger partial charge is 0.0545 e. The Bertz CT molecular complexity index is 2060. The normalized spacial score (nSPS) is 12.1. The zero-order valence-electron chi connectivity index (χ0n) is 18.3. The van der Waals surface area contributed by atoms with E-state index in [1.807, 2.05) is 11.3 Å². The average molecular weight is 450 g/mol. The number of aromatic nitrogens is 1. The lowest BCUT2D eigenvalue weighted by molar-refractivity contribution is 1.56. The fraction of sp³-hybridized carbons (Fsp3) is 0. The Morgan fingerprint density at radius 3 is 1.97 bits per heavy atom. The lowest BCUT2D eigenvalue weighted by Crippen LogP contribution is -1.81.